The minimum Gasteiger partial charge on any atom is -0.507 e. The number of aliphatic hydroxyl groups is 1. The number of hydrogen-bond donors (Lipinski definition) is 1. The molecular weight excluding hydrogens is 432 g/mol. The van der Waals surface area contributed by atoms with Crippen LogP contribution in [0.2, 0.25) is 0 Å². The van der Waals surface area contributed by atoms with Gasteiger partial charge >= 0.3 is 0 Å². The van der Waals surface area contributed by atoms with E-state index in [0.717, 1.165) is 11.1 Å². The van der Waals surface area contributed by atoms with Crippen molar-refractivity contribution < 1.29 is 24.2 Å². The topological polar surface area (TPSA) is 89.0 Å². The first-order valence-corrected chi connectivity index (χ1v) is 11.0. The Balaban J connectivity index is 1.62. The zero-order valence-corrected chi connectivity index (χ0v) is 19.1. The lowest BCUT2D eigenvalue weighted by atomic mass is 9.96. The van der Waals surface area contributed by atoms with Gasteiger partial charge in [0.05, 0.1) is 18.2 Å². The predicted octanol–water partition coefficient (Wildman–Crippen LogP) is 4.04. The molecule has 1 aromatic heterocycles. The summed E-state index contributed by atoms with van der Waals surface area (Å²) in [7, 11) is 1.53. The van der Waals surface area contributed by atoms with Crippen LogP contribution in [0, 0.1) is 6.92 Å². The minimum absolute atomic E-state index is 0.0301. The van der Waals surface area contributed by atoms with E-state index in [1.165, 1.54) is 12.0 Å². The second-order valence-electron chi connectivity index (χ2n) is 8.07. The first kappa shape index (κ1) is 23.2. The molecule has 7 nitrogen and oxygen atoms in total. The Hall–Kier alpha value is -3.97. The number of aliphatic hydroxyl groups excluding tert-OH is 1. The molecule has 1 unspecified atom stereocenters. The Labute approximate surface area is 198 Å². The SMILES string of the molecule is COCCN1C(=O)C(=O)/C(=C(/O)c2ccc(OCc3cccc(C)c3)cc2)C1c1cccnc1. The van der Waals surface area contributed by atoms with Crippen LogP contribution in [0.25, 0.3) is 5.76 Å². The highest BCUT2D eigenvalue weighted by molar-refractivity contribution is 6.46. The number of ether oxygens (including phenoxy) is 2. The molecule has 1 aliphatic heterocycles. The van der Waals surface area contributed by atoms with Crippen molar-refractivity contribution in [3.05, 3.63) is 101 Å². The third-order valence-corrected chi connectivity index (χ3v) is 5.69. The average Bonchev–Trinajstić information content (AvgIpc) is 3.11. The number of Topliss-reactive ketones (excluding diaryl/α,β-unsaturated/α-hetero) is 1. The number of benzene rings is 2. The molecule has 0 spiro atoms. The molecule has 1 atom stereocenters. The van der Waals surface area contributed by atoms with Gasteiger partial charge in [0.2, 0.25) is 0 Å². The van der Waals surface area contributed by atoms with Gasteiger partial charge in [0.1, 0.15) is 18.1 Å². The maximum absolute atomic E-state index is 12.9. The maximum Gasteiger partial charge on any atom is 0.295 e. The van der Waals surface area contributed by atoms with E-state index >= 15 is 0 Å². The van der Waals surface area contributed by atoms with Crippen molar-refractivity contribution >= 4 is 17.4 Å². The molecule has 1 amide bonds. The standard InChI is InChI=1S/C27H26N2O5/c1-18-5-3-6-19(15-18)17-34-22-10-8-20(9-11-22)25(30)23-24(21-7-4-12-28-16-21)29(13-14-33-2)27(32)26(23)31/h3-12,15-16,24,30H,13-14,17H2,1-2H3/b25-23+. The Morgan fingerprint density at radius 2 is 1.88 bits per heavy atom. The number of carbonyl (C=O) groups excluding carboxylic acids is 2. The van der Waals surface area contributed by atoms with Crippen molar-refractivity contribution in [2.24, 2.45) is 0 Å². The Morgan fingerprint density at radius 1 is 1.09 bits per heavy atom. The zero-order valence-electron chi connectivity index (χ0n) is 19.1. The van der Waals surface area contributed by atoms with Crippen LogP contribution in [0.3, 0.4) is 0 Å². The van der Waals surface area contributed by atoms with Crippen molar-refractivity contribution in [3.8, 4) is 5.75 Å². The van der Waals surface area contributed by atoms with Gasteiger partial charge in [0.15, 0.2) is 0 Å². The molecule has 2 heterocycles. The molecule has 1 fully saturated rings. The van der Waals surface area contributed by atoms with Crippen LogP contribution in [-0.4, -0.2) is 46.9 Å². The number of methoxy groups -OCH3 is 1. The Morgan fingerprint density at radius 3 is 2.56 bits per heavy atom. The molecule has 1 aliphatic rings. The zero-order chi connectivity index (χ0) is 24.1. The fourth-order valence-corrected chi connectivity index (χ4v) is 4.02. The summed E-state index contributed by atoms with van der Waals surface area (Å²) in [6.45, 7) is 2.91. The molecular formula is C27H26N2O5. The van der Waals surface area contributed by atoms with Crippen molar-refractivity contribution in [2.45, 2.75) is 19.6 Å². The summed E-state index contributed by atoms with van der Waals surface area (Å²) in [6, 6.07) is 17.6. The van der Waals surface area contributed by atoms with E-state index in [1.807, 2.05) is 25.1 Å². The van der Waals surface area contributed by atoms with Gasteiger partial charge in [-0.2, -0.15) is 0 Å². The lowest BCUT2D eigenvalue weighted by Crippen LogP contribution is -2.32. The van der Waals surface area contributed by atoms with Crippen LogP contribution in [0.15, 0.2) is 78.6 Å². The predicted molar refractivity (Wildman–Crippen MR) is 127 cm³/mol. The van der Waals surface area contributed by atoms with Crippen LogP contribution in [0.5, 0.6) is 5.75 Å². The normalized spacial score (nSPS) is 17.2. The van der Waals surface area contributed by atoms with E-state index in [-0.39, 0.29) is 24.5 Å². The number of aromatic nitrogens is 1. The first-order valence-electron chi connectivity index (χ1n) is 11.0. The highest BCUT2D eigenvalue weighted by Crippen LogP contribution is 2.39. The molecule has 7 heteroatoms. The summed E-state index contributed by atoms with van der Waals surface area (Å²) < 4.78 is 11.0. The van der Waals surface area contributed by atoms with Gasteiger partial charge in [0, 0.05) is 31.6 Å². The lowest BCUT2D eigenvalue weighted by Gasteiger charge is -2.24. The number of ketones is 1. The second-order valence-corrected chi connectivity index (χ2v) is 8.07. The van der Waals surface area contributed by atoms with Gasteiger partial charge < -0.3 is 19.5 Å². The minimum atomic E-state index is -0.749. The van der Waals surface area contributed by atoms with E-state index in [4.69, 9.17) is 9.47 Å². The molecule has 174 valence electrons. The summed E-state index contributed by atoms with van der Waals surface area (Å²) in [6.07, 6.45) is 3.20. The number of nitrogens with zero attached hydrogens (tertiary/aromatic N) is 2. The lowest BCUT2D eigenvalue weighted by molar-refractivity contribution is -0.140. The summed E-state index contributed by atoms with van der Waals surface area (Å²) in [5, 5.41) is 11.1. The molecule has 34 heavy (non-hydrogen) atoms. The van der Waals surface area contributed by atoms with Gasteiger partial charge in [-0.1, -0.05) is 35.9 Å². The van der Waals surface area contributed by atoms with Crippen LogP contribution in [-0.2, 0) is 20.9 Å². The van der Waals surface area contributed by atoms with Crippen LogP contribution in [0.1, 0.15) is 28.3 Å². The van der Waals surface area contributed by atoms with E-state index < -0.39 is 17.7 Å². The van der Waals surface area contributed by atoms with Crippen molar-refractivity contribution in [3.63, 3.8) is 0 Å². The maximum atomic E-state index is 12.9. The summed E-state index contributed by atoms with van der Waals surface area (Å²) in [4.78, 5) is 31.2. The van der Waals surface area contributed by atoms with E-state index in [9.17, 15) is 14.7 Å². The van der Waals surface area contributed by atoms with Crippen molar-refractivity contribution in [1.82, 2.24) is 9.88 Å². The third kappa shape index (κ3) is 4.84. The second kappa shape index (κ2) is 10.3. The first-order chi connectivity index (χ1) is 16.5. The van der Waals surface area contributed by atoms with Crippen LogP contribution in [0.4, 0.5) is 0 Å². The van der Waals surface area contributed by atoms with Crippen molar-refractivity contribution in [2.75, 3.05) is 20.3 Å². The summed E-state index contributed by atoms with van der Waals surface area (Å²) >= 11 is 0. The fraction of sp³-hybridized carbons (Fsp3) is 0.222. The Kier molecular flexibility index (Phi) is 7.04. The quantitative estimate of drug-likeness (QED) is 0.311. The molecule has 0 bridgehead atoms. The van der Waals surface area contributed by atoms with Crippen LogP contribution >= 0.6 is 0 Å². The molecule has 2 aromatic carbocycles. The van der Waals surface area contributed by atoms with Gasteiger partial charge in [-0.3, -0.25) is 14.6 Å². The van der Waals surface area contributed by atoms with Crippen LogP contribution < -0.4 is 4.74 Å². The van der Waals surface area contributed by atoms with Gasteiger partial charge in [-0.15, -0.1) is 0 Å². The number of carbonyl (C=O) groups is 2. The number of aryl methyl sites for hydroxylation is 1. The number of likely N-dealkylation sites (tertiary alicyclic amines) is 1. The Bertz CT molecular complexity index is 1210. The van der Waals surface area contributed by atoms with Crippen molar-refractivity contribution in [1.29, 1.82) is 0 Å². The molecule has 4 rings (SSSR count). The van der Waals surface area contributed by atoms with Gasteiger partial charge in [-0.05, 0) is 48.4 Å². The molecule has 3 aromatic rings. The highest BCUT2D eigenvalue weighted by Gasteiger charge is 2.45. The number of pyridine rings is 1. The number of hydrogen-bond acceptors (Lipinski definition) is 6. The van der Waals surface area contributed by atoms with E-state index in [0.29, 0.717) is 23.5 Å². The summed E-state index contributed by atoms with van der Waals surface area (Å²) in [5.41, 5.74) is 3.30. The van der Waals surface area contributed by atoms with E-state index in [1.54, 1.807) is 48.8 Å². The smallest absolute Gasteiger partial charge is 0.295 e. The number of rotatable bonds is 8. The summed E-state index contributed by atoms with van der Waals surface area (Å²) in [5.74, 6) is -1.02. The molecule has 1 saturated heterocycles. The van der Waals surface area contributed by atoms with Gasteiger partial charge in [-0.25, -0.2) is 0 Å². The van der Waals surface area contributed by atoms with Gasteiger partial charge in [0.25, 0.3) is 11.7 Å². The largest absolute Gasteiger partial charge is 0.507 e. The molecule has 0 saturated carbocycles. The third-order valence-electron chi connectivity index (χ3n) is 5.69. The van der Waals surface area contributed by atoms with E-state index in [2.05, 4.69) is 11.1 Å². The highest BCUT2D eigenvalue weighted by atomic mass is 16.5. The molecule has 0 radical (unpaired) electrons. The number of amides is 1. The molecule has 1 N–H and O–H groups in total. The monoisotopic (exact) mass is 458 g/mol. The molecule has 0 aliphatic carbocycles. The fourth-order valence-electron chi connectivity index (χ4n) is 4.02. The average molecular weight is 459 g/mol.